The lowest BCUT2D eigenvalue weighted by molar-refractivity contribution is -0.0623. The van der Waals surface area contributed by atoms with Gasteiger partial charge in [0.25, 0.3) is 0 Å². The SMILES string of the molecule is CC1=NC(c2ccccc2)(c2ccccc2)OC1(c1ccccc1)c1ccccc1. The lowest BCUT2D eigenvalue weighted by Crippen LogP contribution is -2.39. The zero-order valence-electron chi connectivity index (χ0n) is 16.9. The van der Waals surface area contributed by atoms with E-state index in [1.54, 1.807) is 0 Å². The Hall–Kier alpha value is -3.49. The van der Waals surface area contributed by atoms with E-state index in [2.05, 4.69) is 79.7 Å². The average Bonchev–Trinajstić information content (AvgIpc) is 3.16. The van der Waals surface area contributed by atoms with E-state index in [4.69, 9.17) is 9.73 Å². The molecule has 0 N–H and O–H groups in total. The normalized spacial score (nSPS) is 16.8. The van der Waals surface area contributed by atoms with E-state index in [0.29, 0.717) is 0 Å². The minimum Gasteiger partial charge on any atom is -0.323 e. The van der Waals surface area contributed by atoms with Gasteiger partial charge in [-0.25, -0.2) is 4.99 Å². The highest BCUT2D eigenvalue weighted by molar-refractivity contribution is 5.97. The molecule has 2 nitrogen and oxygen atoms in total. The molecule has 0 unspecified atom stereocenters. The van der Waals surface area contributed by atoms with Crippen LogP contribution in [-0.4, -0.2) is 5.71 Å². The van der Waals surface area contributed by atoms with Crippen molar-refractivity contribution in [1.29, 1.82) is 0 Å². The molecule has 4 aromatic carbocycles. The Morgan fingerprint density at radius 3 is 1.20 bits per heavy atom. The van der Waals surface area contributed by atoms with Crippen molar-refractivity contribution in [3.05, 3.63) is 144 Å². The predicted molar refractivity (Wildman–Crippen MR) is 122 cm³/mol. The molecule has 0 radical (unpaired) electrons. The number of hydrogen-bond acceptors (Lipinski definition) is 2. The summed E-state index contributed by atoms with van der Waals surface area (Å²) in [7, 11) is 0. The summed E-state index contributed by atoms with van der Waals surface area (Å²) in [6.07, 6.45) is 0. The first-order chi connectivity index (χ1) is 14.8. The van der Waals surface area contributed by atoms with Crippen LogP contribution in [0.4, 0.5) is 0 Å². The fourth-order valence-corrected chi connectivity index (χ4v) is 4.42. The van der Waals surface area contributed by atoms with Crippen LogP contribution in [0.15, 0.2) is 126 Å². The second-order valence-corrected chi connectivity index (χ2v) is 7.59. The number of nitrogens with zero attached hydrogens (tertiary/aromatic N) is 1. The Labute approximate surface area is 177 Å². The lowest BCUT2D eigenvalue weighted by atomic mass is 9.82. The topological polar surface area (TPSA) is 21.6 Å². The summed E-state index contributed by atoms with van der Waals surface area (Å²) in [5, 5.41) is 0. The molecule has 30 heavy (non-hydrogen) atoms. The first-order valence-electron chi connectivity index (χ1n) is 10.2. The van der Waals surface area contributed by atoms with Gasteiger partial charge in [-0.1, -0.05) is 121 Å². The van der Waals surface area contributed by atoms with Crippen LogP contribution >= 0.6 is 0 Å². The third-order valence-electron chi connectivity index (χ3n) is 5.83. The second kappa shape index (κ2) is 7.40. The maximum atomic E-state index is 7.19. The minimum absolute atomic E-state index is 0.770. The van der Waals surface area contributed by atoms with Crippen molar-refractivity contribution in [1.82, 2.24) is 0 Å². The lowest BCUT2D eigenvalue weighted by Gasteiger charge is -2.36. The summed E-state index contributed by atoms with van der Waals surface area (Å²) in [6.45, 7) is 2.08. The van der Waals surface area contributed by atoms with Crippen molar-refractivity contribution in [3.63, 3.8) is 0 Å². The Bertz CT molecular complexity index is 1070. The van der Waals surface area contributed by atoms with Gasteiger partial charge in [-0.2, -0.15) is 0 Å². The highest BCUT2D eigenvalue weighted by Crippen LogP contribution is 2.51. The highest BCUT2D eigenvalue weighted by atomic mass is 16.5. The maximum Gasteiger partial charge on any atom is 0.212 e. The summed E-state index contributed by atoms with van der Waals surface area (Å²) in [5.41, 5.74) is 3.44. The Balaban J connectivity index is 1.79. The molecule has 1 heterocycles. The molecule has 0 atom stereocenters. The number of rotatable bonds is 4. The number of benzene rings is 4. The van der Waals surface area contributed by atoms with Crippen LogP contribution in [-0.2, 0) is 16.1 Å². The van der Waals surface area contributed by atoms with Crippen molar-refractivity contribution in [2.24, 2.45) is 4.99 Å². The van der Waals surface area contributed by atoms with Crippen LogP contribution in [0, 0.1) is 0 Å². The monoisotopic (exact) mass is 389 g/mol. The van der Waals surface area contributed by atoms with E-state index in [1.807, 2.05) is 48.5 Å². The van der Waals surface area contributed by atoms with Crippen molar-refractivity contribution in [3.8, 4) is 0 Å². The Morgan fingerprint density at radius 1 is 0.500 bits per heavy atom. The first-order valence-corrected chi connectivity index (χ1v) is 10.2. The highest BCUT2D eigenvalue weighted by Gasteiger charge is 2.53. The van der Waals surface area contributed by atoms with Gasteiger partial charge >= 0.3 is 0 Å². The maximum absolute atomic E-state index is 7.19. The summed E-state index contributed by atoms with van der Waals surface area (Å²) in [4.78, 5) is 5.26. The van der Waals surface area contributed by atoms with Gasteiger partial charge < -0.3 is 4.74 Å². The van der Waals surface area contributed by atoms with E-state index < -0.39 is 11.3 Å². The van der Waals surface area contributed by atoms with Crippen molar-refractivity contribution >= 4 is 5.71 Å². The van der Waals surface area contributed by atoms with Gasteiger partial charge in [-0.3, -0.25) is 0 Å². The fraction of sp³-hybridized carbons (Fsp3) is 0.107. The van der Waals surface area contributed by atoms with Crippen LogP contribution in [0.3, 0.4) is 0 Å². The quantitative estimate of drug-likeness (QED) is 0.400. The molecule has 0 saturated carbocycles. The molecule has 0 spiro atoms. The standard InChI is InChI=1S/C28H23NO/c1-22-27(23-14-6-2-7-15-23,24-16-8-3-9-17-24)30-28(29-22,25-18-10-4-11-19-25)26-20-12-5-13-21-26/h2-21H,1H3. The van der Waals surface area contributed by atoms with Crippen LogP contribution in [0.2, 0.25) is 0 Å². The molecule has 1 aliphatic heterocycles. The molecule has 4 aromatic rings. The van der Waals surface area contributed by atoms with Gasteiger partial charge in [0.1, 0.15) is 0 Å². The smallest absolute Gasteiger partial charge is 0.212 e. The molecule has 0 bridgehead atoms. The third-order valence-corrected chi connectivity index (χ3v) is 5.83. The van der Waals surface area contributed by atoms with Gasteiger partial charge in [-0.05, 0) is 18.1 Å². The predicted octanol–water partition coefficient (Wildman–Crippen LogP) is 6.32. The summed E-state index contributed by atoms with van der Waals surface area (Å²) in [6, 6.07) is 41.4. The molecule has 2 heteroatoms. The summed E-state index contributed by atoms with van der Waals surface area (Å²) >= 11 is 0. The summed E-state index contributed by atoms with van der Waals surface area (Å²) in [5.74, 6) is 0. The van der Waals surface area contributed by atoms with Gasteiger partial charge in [0.05, 0.1) is 5.71 Å². The molecule has 0 aliphatic carbocycles. The molecule has 1 aliphatic rings. The average molecular weight is 389 g/mol. The van der Waals surface area contributed by atoms with E-state index >= 15 is 0 Å². The molecule has 0 saturated heterocycles. The molecule has 146 valence electrons. The van der Waals surface area contributed by atoms with Crippen LogP contribution in [0.25, 0.3) is 0 Å². The van der Waals surface area contributed by atoms with Gasteiger partial charge in [-0.15, -0.1) is 0 Å². The Kier molecular flexibility index (Phi) is 4.57. The zero-order valence-corrected chi connectivity index (χ0v) is 16.9. The molecule has 0 fully saturated rings. The second-order valence-electron chi connectivity index (χ2n) is 7.59. The molecule has 5 rings (SSSR count). The number of hydrogen-bond donors (Lipinski definition) is 0. The van der Waals surface area contributed by atoms with Crippen molar-refractivity contribution in [2.75, 3.05) is 0 Å². The summed E-state index contributed by atoms with van der Waals surface area (Å²) < 4.78 is 7.19. The van der Waals surface area contributed by atoms with E-state index in [-0.39, 0.29) is 0 Å². The molecule has 0 amide bonds. The van der Waals surface area contributed by atoms with Crippen molar-refractivity contribution in [2.45, 2.75) is 18.2 Å². The number of ether oxygens (including phenoxy) is 1. The molecular weight excluding hydrogens is 366 g/mol. The van der Waals surface area contributed by atoms with E-state index in [0.717, 1.165) is 28.0 Å². The Morgan fingerprint density at radius 2 is 0.833 bits per heavy atom. The van der Waals surface area contributed by atoms with Gasteiger partial charge in [0.15, 0.2) is 5.60 Å². The van der Waals surface area contributed by atoms with Crippen LogP contribution in [0.5, 0.6) is 0 Å². The largest absolute Gasteiger partial charge is 0.323 e. The van der Waals surface area contributed by atoms with Crippen molar-refractivity contribution < 1.29 is 4.74 Å². The fourth-order valence-electron chi connectivity index (χ4n) is 4.42. The first kappa shape index (κ1) is 18.5. The zero-order chi connectivity index (χ0) is 20.4. The molecule has 0 aromatic heterocycles. The third kappa shape index (κ3) is 2.80. The molecular formula is C28H23NO. The van der Waals surface area contributed by atoms with E-state index in [9.17, 15) is 0 Å². The minimum atomic E-state index is -0.918. The number of aliphatic imine (C=N–C) groups is 1. The van der Waals surface area contributed by atoms with Gasteiger partial charge in [0, 0.05) is 11.1 Å². The van der Waals surface area contributed by atoms with Gasteiger partial charge in [0.2, 0.25) is 5.72 Å². The van der Waals surface area contributed by atoms with Crippen LogP contribution in [0.1, 0.15) is 29.2 Å². The van der Waals surface area contributed by atoms with E-state index in [1.165, 1.54) is 0 Å². The van der Waals surface area contributed by atoms with Crippen LogP contribution < -0.4 is 0 Å².